The van der Waals surface area contributed by atoms with Gasteiger partial charge in [0.1, 0.15) is 9.75 Å². The normalized spacial score (nSPS) is 26.2. The second-order valence-electron chi connectivity index (χ2n) is 4.19. The molecule has 1 fully saturated rings. The standard InChI is InChI=1S/C10H13NO4S2/c1-10(9(12)13)5-3-6-11(10)17(14,15)8-4-2-7-16-8/h2,4,7H,3,5-6H2,1H3,(H,12,13). The van der Waals surface area contributed by atoms with Gasteiger partial charge in [-0.3, -0.25) is 4.79 Å². The SMILES string of the molecule is CC1(C(=O)O)CCCN1S(=O)(=O)c1cccs1. The highest BCUT2D eigenvalue weighted by Crippen LogP contribution is 2.35. The molecule has 1 aromatic heterocycles. The molecule has 17 heavy (non-hydrogen) atoms. The fourth-order valence-corrected chi connectivity index (χ4v) is 4.96. The molecule has 0 radical (unpaired) electrons. The van der Waals surface area contributed by atoms with E-state index >= 15 is 0 Å². The van der Waals surface area contributed by atoms with Crippen LogP contribution in [-0.4, -0.2) is 35.9 Å². The zero-order chi connectivity index (χ0) is 12.7. The predicted molar refractivity (Wildman–Crippen MR) is 63.5 cm³/mol. The molecular weight excluding hydrogens is 262 g/mol. The van der Waals surface area contributed by atoms with E-state index in [0.717, 1.165) is 15.6 Å². The van der Waals surface area contributed by atoms with E-state index in [-0.39, 0.29) is 10.8 Å². The van der Waals surface area contributed by atoms with E-state index in [0.29, 0.717) is 12.8 Å². The lowest BCUT2D eigenvalue weighted by Crippen LogP contribution is -2.50. The van der Waals surface area contributed by atoms with Crippen molar-refractivity contribution >= 4 is 27.3 Å². The van der Waals surface area contributed by atoms with Gasteiger partial charge >= 0.3 is 5.97 Å². The molecule has 1 aliphatic rings. The van der Waals surface area contributed by atoms with Crippen LogP contribution in [0.2, 0.25) is 0 Å². The summed E-state index contributed by atoms with van der Waals surface area (Å²) >= 11 is 1.11. The first-order valence-electron chi connectivity index (χ1n) is 5.19. The third-order valence-corrected chi connectivity index (χ3v) is 6.47. The molecule has 2 heterocycles. The third kappa shape index (κ3) is 1.88. The van der Waals surface area contributed by atoms with Crippen molar-refractivity contribution < 1.29 is 18.3 Å². The Hall–Kier alpha value is -0.920. The lowest BCUT2D eigenvalue weighted by molar-refractivity contribution is -0.146. The highest BCUT2D eigenvalue weighted by Gasteiger charge is 2.49. The van der Waals surface area contributed by atoms with Crippen LogP contribution in [-0.2, 0) is 14.8 Å². The van der Waals surface area contributed by atoms with Gasteiger partial charge in [0.25, 0.3) is 10.0 Å². The molecule has 0 aliphatic carbocycles. The summed E-state index contributed by atoms with van der Waals surface area (Å²) in [5.74, 6) is -1.09. The maximum absolute atomic E-state index is 12.3. The Bertz CT molecular complexity index is 523. The van der Waals surface area contributed by atoms with Gasteiger partial charge < -0.3 is 5.11 Å². The molecule has 1 aromatic rings. The minimum Gasteiger partial charge on any atom is -0.480 e. The van der Waals surface area contributed by atoms with Crippen molar-refractivity contribution in [3.8, 4) is 0 Å². The zero-order valence-corrected chi connectivity index (χ0v) is 10.9. The molecule has 0 saturated carbocycles. The molecule has 0 bridgehead atoms. The first-order valence-corrected chi connectivity index (χ1v) is 7.51. The van der Waals surface area contributed by atoms with E-state index < -0.39 is 21.5 Å². The smallest absolute Gasteiger partial charge is 0.324 e. The van der Waals surface area contributed by atoms with Crippen LogP contribution in [0.4, 0.5) is 0 Å². The van der Waals surface area contributed by atoms with Gasteiger partial charge in [-0.15, -0.1) is 11.3 Å². The van der Waals surface area contributed by atoms with E-state index in [1.807, 2.05) is 0 Å². The van der Waals surface area contributed by atoms with Gasteiger partial charge in [-0.25, -0.2) is 8.42 Å². The van der Waals surface area contributed by atoms with Crippen molar-refractivity contribution in [2.45, 2.75) is 29.5 Å². The number of hydrogen-bond acceptors (Lipinski definition) is 4. The highest BCUT2D eigenvalue weighted by molar-refractivity contribution is 7.91. The first-order chi connectivity index (χ1) is 7.89. The second-order valence-corrected chi connectivity index (χ2v) is 7.23. The van der Waals surface area contributed by atoms with Crippen molar-refractivity contribution in [1.82, 2.24) is 4.31 Å². The summed E-state index contributed by atoms with van der Waals surface area (Å²) < 4.78 is 25.9. The summed E-state index contributed by atoms with van der Waals surface area (Å²) in [6, 6.07) is 3.15. The van der Waals surface area contributed by atoms with E-state index in [9.17, 15) is 18.3 Å². The van der Waals surface area contributed by atoms with Crippen molar-refractivity contribution in [3.05, 3.63) is 17.5 Å². The predicted octanol–water partition coefficient (Wildman–Crippen LogP) is 1.38. The van der Waals surface area contributed by atoms with E-state index in [2.05, 4.69) is 0 Å². The first kappa shape index (κ1) is 12.5. The lowest BCUT2D eigenvalue weighted by atomic mass is 10.0. The van der Waals surface area contributed by atoms with Gasteiger partial charge in [0.15, 0.2) is 0 Å². The van der Waals surface area contributed by atoms with Crippen LogP contribution >= 0.6 is 11.3 Å². The van der Waals surface area contributed by atoms with Crippen LogP contribution in [0.5, 0.6) is 0 Å². The Morgan fingerprint density at radius 2 is 2.29 bits per heavy atom. The Balaban J connectivity index is 2.44. The lowest BCUT2D eigenvalue weighted by Gasteiger charge is -2.29. The summed E-state index contributed by atoms with van der Waals surface area (Å²) in [4.78, 5) is 11.2. The van der Waals surface area contributed by atoms with Crippen LogP contribution in [0.25, 0.3) is 0 Å². The van der Waals surface area contributed by atoms with Gasteiger partial charge in [0.05, 0.1) is 0 Å². The average molecular weight is 275 g/mol. The van der Waals surface area contributed by atoms with Gasteiger partial charge in [-0.1, -0.05) is 6.07 Å². The fraction of sp³-hybridized carbons (Fsp3) is 0.500. The van der Waals surface area contributed by atoms with Gasteiger partial charge in [-0.2, -0.15) is 4.31 Å². The fourth-order valence-electron chi connectivity index (χ4n) is 2.06. The minimum atomic E-state index is -3.68. The minimum absolute atomic E-state index is 0.201. The van der Waals surface area contributed by atoms with Crippen molar-refractivity contribution in [1.29, 1.82) is 0 Å². The number of carboxylic acids is 1. The summed E-state index contributed by atoms with van der Waals surface area (Å²) in [5.41, 5.74) is -1.32. The molecule has 0 aromatic carbocycles. The molecule has 7 heteroatoms. The molecule has 1 atom stereocenters. The second kappa shape index (κ2) is 4.08. The van der Waals surface area contributed by atoms with Crippen LogP contribution < -0.4 is 0 Å². The Morgan fingerprint density at radius 1 is 1.59 bits per heavy atom. The average Bonchev–Trinajstić information content (AvgIpc) is 2.85. The molecule has 1 saturated heterocycles. The largest absolute Gasteiger partial charge is 0.480 e. The van der Waals surface area contributed by atoms with Gasteiger partial charge in [-0.05, 0) is 31.2 Å². The van der Waals surface area contributed by atoms with Gasteiger partial charge in [0, 0.05) is 6.54 Å². The summed E-state index contributed by atoms with van der Waals surface area (Å²) in [6.07, 6.45) is 0.931. The number of sulfonamides is 1. The molecular formula is C10H13NO4S2. The molecule has 1 aliphatic heterocycles. The molecule has 94 valence electrons. The number of thiophene rings is 1. The topological polar surface area (TPSA) is 74.7 Å². The molecule has 0 amide bonds. The summed E-state index contributed by atoms with van der Waals surface area (Å²) in [6.45, 7) is 1.73. The summed E-state index contributed by atoms with van der Waals surface area (Å²) in [5, 5.41) is 10.9. The number of carbonyl (C=O) groups is 1. The Kier molecular flexibility index (Phi) is 3.01. The summed E-state index contributed by atoms with van der Waals surface area (Å²) in [7, 11) is -3.68. The van der Waals surface area contributed by atoms with E-state index in [4.69, 9.17) is 0 Å². The van der Waals surface area contributed by atoms with Crippen molar-refractivity contribution in [3.63, 3.8) is 0 Å². The number of rotatable bonds is 3. The number of nitrogens with zero attached hydrogens (tertiary/aromatic N) is 1. The molecule has 1 unspecified atom stereocenters. The quantitative estimate of drug-likeness (QED) is 0.904. The van der Waals surface area contributed by atoms with Crippen molar-refractivity contribution in [2.24, 2.45) is 0 Å². The van der Waals surface area contributed by atoms with Crippen LogP contribution in [0.3, 0.4) is 0 Å². The monoisotopic (exact) mass is 275 g/mol. The maximum Gasteiger partial charge on any atom is 0.324 e. The zero-order valence-electron chi connectivity index (χ0n) is 9.29. The highest BCUT2D eigenvalue weighted by atomic mass is 32.2. The third-order valence-electron chi connectivity index (χ3n) is 3.08. The number of carboxylic acid groups (broad SMARTS) is 1. The number of aliphatic carboxylic acids is 1. The molecule has 5 nitrogen and oxygen atoms in total. The van der Waals surface area contributed by atoms with E-state index in [1.165, 1.54) is 13.0 Å². The van der Waals surface area contributed by atoms with E-state index in [1.54, 1.807) is 11.4 Å². The maximum atomic E-state index is 12.3. The van der Waals surface area contributed by atoms with Crippen LogP contribution in [0, 0.1) is 0 Å². The molecule has 1 N–H and O–H groups in total. The van der Waals surface area contributed by atoms with Crippen LogP contribution in [0.1, 0.15) is 19.8 Å². The molecule has 2 rings (SSSR count). The Labute approximate surface area is 104 Å². The molecule has 0 spiro atoms. The van der Waals surface area contributed by atoms with Crippen molar-refractivity contribution in [2.75, 3.05) is 6.54 Å². The van der Waals surface area contributed by atoms with Gasteiger partial charge in [0.2, 0.25) is 0 Å². The van der Waals surface area contributed by atoms with Crippen LogP contribution in [0.15, 0.2) is 21.7 Å². The number of hydrogen-bond donors (Lipinski definition) is 1. The Morgan fingerprint density at radius 3 is 2.82 bits per heavy atom.